The van der Waals surface area contributed by atoms with Gasteiger partial charge in [-0.2, -0.15) is 0 Å². The number of hydrogen-bond acceptors (Lipinski definition) is 3. The first kappa shape index (κ1) is 7.91. The second kappa shape index (κ2) is 2.46. The molecule has 8 heavy (non-hydrogen) atoms. The van der Waals surface area contributed by atoms with Gasteiger partial charge in [-0.25, -0.2) is 4.79 Å². The van der Waals surface area contributed by atoms with Gasteiger partial charge >= 0.3 is 5.97 Å². The standard InChI is InChI=1S/C4H7BrO3/c1-4(5,7)3(6)8-2/h7H,1-2H3. The van der Waals surface area contributed by atoms with Crippen molar-refractivity contribution in [3.8, 4) is 0 Å². The van der Waals surface area contributed by atoms with E-state index < -0.39 is 10.5 Å². The maximum Gasteiger partial charge on any atom is 0.348 e. The van der Waals surface area contributed by atoms with Crippen molar-refractivity contribution in [2.24, 2.45) is 0 Å². The van der Waals surface area contributed by atoms with Gasteiger partial charge in [0.25, 0.3) is 0 Å². The van der Waals surface area contributed by atoms with Crippen LogP contribution in [0.25, 0.3) is 0 Å². The zero-order valence-corrected chi connectivity index (χ0v) is 6.23. The van der Waals surface area contributed by atoms with E-state index in [0.29, 0.717) is 0 Å². The molecule has 0 bridgehead atoms. The number of carbonyl (C=O) groups excluding carboxylic acids is 1. The lowest BCUT2D eigenvalue weighted by Crippen LogP contribution is -2.28. The number of esters is 1. The van der Waals surface area contributed by atoms with E-state index in [1.54, 1.807) is 0 Å². The molecule has 0 aromatic rings. The predicted octanol–water partition coefficient (Wildman–Crippen LogP) is 0.263. The molecule has 0 aliphatic carbocycles. The highest BCUT2D eigenvalue weighted by atomic mass is 79.9. The minimum atomic E-state index is -1.54. The van der Waals surface area contributed by atoms with Crippen LogP contribution in [0.15, 0.2) is 0 Å². The molecule has 0 amide bonds. The van der Waals surface area contributed by atoms with Crippen LogP contribution in [-0.2, 0) is 9.53 Å². The van der Waals surface area contributed by atoms with Crippen LogP contribution >= 0.6 is 15.9 Å². The number of aliphatic hydroxyl groups is 1. The van der Waals surface area contributed by atoms with E-state index in [4.69, 9.17) is 5.11 Å². The number of rotatable bonds is 1. The molecule has 0 aliphatic heterocycles. The number of halogens is 1. The molecule has 0 aliphatic rings. The zero-order chi connectivity index (χ0) is 6.78. The molecular weight excluding hydrogens is 176 g/mol. The molecule has 0 aromatic heterocycles. The van der Waals surface area contributed by atoms with Crippen LogP contribution in [0.5, 0.6) is 0 Å². The number of methoxy groups -OCH3 is 1. The van der Waals surface area contributed by atoms with Gasteiger partial charge in [-0.3, -0.25) is 0 Å². The molecule has 4 heteroatoms. The first-order valence-electron chi connectivity index (χ1n) is 1.98. The normalized spacial score (nSPS) is 17.0. The van der Waals surface area contributed by atoms with Gasteiger partial charge in [0, 0.05) is 0 Å². The Kier molecular flexibility index (Phi) is 2.43. The molecule has 0 spiro atoms. The second-order valence-corrected chi connectivity index (χ2v) is 2.99. The number of carbonyl (C=O) groups is 1. The Morgan fingerprint density at radius 3 is 2.25 bits per heavy atom. The fourth-order valence-electron chi connectivity index (χ4n) is 0.186. The van der Waals surface area contributed by atoms with Crippen LogP contribution in [0.3, 0.4) is 0 Å². The van der Waals surface area contributed by atoms with Crippen LogP contribution in [-0.4, -0.2) is 22.7 Å². The number of alkyl halides is 1. The summed E-state index contributed by atoms with van der Waals surface area (Å²) in [5.41, 5.74) is 0. The summed E-state index contributed by atoms with van der Waals surface area (Å²) in [7, 11) is 1.21. The third-order valence-corrected chi connectivity index (χ3v) is 0.882. The van der Waals surface area contributed by atoms with Gasteiger partial charge in [0.15, 0.2) is 0 Å². The average molecular weight is 183 g/mol. The molecule has 1 atom stereocenters. The summed E-state index contributed by atoms with van der Waals surface area (Å²) in [6.45, 7) is 1.29. The molecule has 0 saturated carbocycles. The van der Waals surface area contributed by atoms with Crippen molar-refractivity contribution >= 4 is 21.9 Å². The SMILES string of the molecule is COC(=O)C(C)(O)Br. The third kappa shape index (κ3) is 2.28. The number of ether oxygens (including phenoxy) is 1. The first-order chi connectivity index (χ1) is 3.48. The molecule has 48 valence electrons. The second-order valence-electron chi connectivity index (χ2n) is 1.44. The molecule has 0 radical (unpaired) electrons. The largest absolute Gasteiger partial charge is 0.466 e. The molecule has 0 aromatic carbocycles. The van der Waals surface area contributed by atoms with E-state index in [-0.39, 0.29) is 0 Å². The van der Waals surface area contributed by atoms with Gasteiger partial charge in [-0.1, -0.05) is 0 Å². The van der Waals surface area contributed by atoms with Crippen LogP contribution in [0.4, 0.5) is 0 Å². The minimum absolute atomic E-state index is 0.697. The Hall–Kier alpha value is -0.0900. The van der Waals surface area contributed by atoms with Gasteiger partial charge in [-0.15, -0.1) is 0 Å². The molecule has 0 rings (SSSR count). The van der Waals surface area contributed by atoms with Crippen molar-refractivity contribution in [1.29, 1.82) is 0 Å². The van der Waals surface area contributed by atoms with E-state index in [0.717, 1.165) is 0 Å². The van der Waals surface area contributed by atoms with Crippen molar-refractivity contribution in [3.63, 3.8) is 0 Å². The molecule has 0 saturated heterocycles. The highest BCUT2D eigenvalue weighted by Gasteiger charge is 2.26. The Morgan fingerprint density at radius 1 is 1.88 bits per heavy atom. The summed E-state index contributed by atoms with van der Waals surface area (Å²) < 4.78 is 2.64. The molecule has 0 fully saturated rings. The van der Waals surface area contributed by atoms with E-state index in [9.17, 15) is 4.79 Å². The number of hydrogen-bond donors (Lipinski definition) is 1. The quantitative estimate of drug-likeness (QED) is 0.468. The highest BCUT2D eigenvalue weighted by Crippen LogP contribution is 2.12. The van der Waals surface area contributed by atoms with Gasteiger partial charge in [0.1, 0.15) is 0 Å². The van der Waals surface area contributed by atoms with Gasteiger partial charge in [0.05, 0.1) is 7.11 Å². The van der Waals surface area contributed by atoms with Crippen LogP contribution < -0.4 is 0 Å². The summed E-state index contributed by atoms with van der Waals surface area (Å²) in [5, 5.41) is 8.73. The van der Waals surface area contributed by atoms with E-state index >= 15 is 0 Å². The summed E-state index contributed by atoms with van der Waals surface area (Å²) >= 11 is 2.69. The smallest absolute Gasteiger partial charge is 0.348 e. The van der Waals surface area contributed by atoms with Crippen molar-refractivity contribution in [2.75, 3.05) is 7.11 Å². The van der Waals surface area contributed by atoms with Gasteiger partial charge < -0.3 is 9.84 Å². The molecular formula is C4H7BrO3. The Balaban J connectivity index is 3.82. The summed E-state index contributed by atoms with van der Waals surface area (Å²) in [4.78, 5) is 10.3. The molecule has 1 unspecified atom stereocenters. The van der Waals surface area contributed by atoms with Crippen molar-refractivity contribution in [3.05, 3.63) is 0 Å². The lowest BCUT2D eigenvalue weighted by molar-refractivity contribution is -0.151. The topological polar surface area (TPSA) is 46.5 Å². The maximum absolute atomic E-state index is 10.3. The van der Waals surface area contributed by atoms with Crippen molar-refractivity contribution in [1.82, 2.24) is 0 Å². The van der Waals surface area contributed by atoms with Crippen LogP contribution in [0, 0.1) is 0 Å². The van der Waals surface area contributed by atoms with E-state index in [2.05, 4.69) is 20.7 Å². The lowest BCUT2D eigenvalue weighted by atomic mass is 10.4. The monoisotopic (exact) mass is 182 g/mol. The van der Waals surface area contributed by atoms with Crippen LogP contribution in [0.2, 0.25) is 0 Å². The van der Waals surface area contributed by atoms with E-state index in [1.807, 2.05) is 0 Å². The molecule has 1 N–H and O–H groups in total. The van der Waals surface area contributed by atoms with Gasteiger partial charge in [-0.05, 0) is 22.9 Å². The molecule has 0 heterocycles. The average Bonchev–Trinajstić information content (AvgIpc) is 1.62. The van der Waals surface area contributed by atoms with Crippen LogP contribution in [0.1, 0.15) is 6.92 Å². The Morgan fingerprint density at radius 2 is 2.25 bits per heavy atom. The Labute approximate surface area is 55.8 Å². The fraction of sp³-hybridized carbons (Fsp3) is 0.750. The first-order valence-corrected chi connectivity index (χ1v) is 2.77. The summed E-state index contributed by atoms with van der Waals surface area (Å²) in [5.74, 6) is -0.697. The zero-order valence-electron chi connectivity index (χ0n) is 4.64. The summed E-state index contributed by atoms with van der Waals surface area (Å²) in [6, 6.07) is 0. The maximum atomic E-state index is 10.3. The Bertz CT molecular complexity index is 93.9. The van der Waals surface area contributed by atoms with Crippen molar-refractivity contribution in [2.45, 2.75) is 11.4 Å². The minimum Gasteiger partial charge on any atom is -0.466 e. The molecule has 3 nitrogen and oxygen atoms in total. The van der Waals surface area contributed by atoms with Gasteiger partial charge in [0.2, 0.25) is 4.51 Å². The predicted molar refractivity (Wildman–Crippen MR) is 31.6 cm³/mol. The van der Waals surface area contributed by atoms with E-state index in [1.165, 1.54) is 14.0 Å². The highest BCUT2D eigenvalue weighted by molar-refractivity contribution is 9.10. The summed E-state index contributed by atoms with van der Waals surface area (Å²) in [6.07, 6.45) is 0. The third-order valence-electron chi connectivity index (χ3n) is 0.558. The lowest BCUT2D eigenvalue weighted by Gasteiger charge is -2.09. The fourth-order valence-corrected chi connectivity index (χ4v) is 0.348. The van der Waals surface area contributed by atoms with Crippen molar-refractivity contribution < 1.29 is 14.6 Å².